The number of hydrogen-bond donors (Lipinski definition) is 3. The number of carbonyl (C=O) groups excluding carboxylic acids is 1. The summed E-state index contributed by atoms with van der Waals surface area (Å²) in [5.41, 5.74) is 11.8. The van der Waals surface area contributed by atoms with E-state index in [1.165, 1.54) is 23.0 Å². The SMILES string of the molecule is Nc1cccc(-c2cccc(CCn3cnc4ccc(C(=O)NO)cc4c3=O)c2)c1. The largest absolute Gasteiger partial charge is 0.399 e. The predicted molar refractivity (Wildman–Crippen MR) is 115 cm³/mol. The molecule has 1 amide bonds. The number of aryl methyl sites for hydroxylation is 2. The Kier molecular flexibility index (Phi) is 5.28. The molecule has 7 nitrogen and oxygen atoms in total. The molecule has 0 aliphatic heterocycles. The molecule has 4 aromatic rings. The Bertz CT molecular complexity index is 1300. The molecule has 0 fully saturated rings. The lowest BCUT2D eigenvalue weighted by Crippen LogP contribution is -2.23. The van der Waals surface area contributed by atoms with Crippen molar-refractivity contribution in [1.82, 2.24) is 15.0 Å². The summed E-state index contributed by atoms with van der Waals surface area (Å²) in [6, 6.07) is 20.3. The van der Waals surface area contributed by atoms with Crippen molar-refractivity contribution in [2.45, 2.75) is 13.0 Å². The summed E-state index contributed by atoms with van der Waals surface area (Å²) < 4.78 is 1.52. The van der Waals surface area contributed by atoms with Crippen molar-refractivity contribution in [3.63, 3.8) is 0 Å². The number of fused-ring (bicyclic) bond motifs is 1. The van der Waals surface area contributed by atoms with E-state index in [1.54, 1.807) is 11.5 Å². The van der Waals surface area contributed by atoms with Gasteiger partial charge in [-0.3, -0.25) is 19.4 Å². The van der Waals surface area contributed by atoms with Crippen molar-refractivity contribution in [2.75, 3.05) is 5.73 Å². The Morgan fingerprint density at radius 1 is 1.03 bits per heavy atom. The minimum Gasteiger partial charge on any atom is -0.399 e. The second-order valence-electron chi connectivity index (χ2n) is 6.99. The van der Waals surface area contributed by atoms with Gasteiger partial charge in [-0.1, -0.05) is 36.4 Å². The van der Waals surface area contributed by atoms with E-state index < -0.39 is 5.91 Å². The molecule has 0 saturated heterocycles. The van der Waals surface area contributed by atoms with E-state index in [2.05, 4.69) is 11.1 Å². The number of carbonyl (C=O) groups is 1. The van der Waals surface area contributed by atoms with Crippen LogP contribution in [0.15, 0.2) is 77.9 Å². The number of amides is 1. The zero-order chi connectivity index (χ0) is 21.1. The van der Waals surface area contributed by atoms with Crippen LogP contribution in [0.1, 0.15) is 15.9 Å². The molecule has 0 spiro atoms. The molecule has 1 aromatic heterocycles. The molecule has 3 aromatic carbocycles. The lowest BCUT2D eigenvalue weighted by Gasteiger charge is -2.09. The van der Waals surface area contributed by atoms with Crippen LogP contribution in [0.4, 0.5) is 5.69 Å². The highest BCUT2D eigenvalue weighted by Gasteiger charge is 2.10. The molecular weight excluding hydrogens is 380 g/mol. The summed E-state index contributed by atoms with van der Waals surface area (Å²) in [5.74, 6) is -0.676. The molecule has 0 saturated carbocycles. The van der Waals surface area contributed by atoms with Crippen molar-refractivity contribution < 1.29 is 10.0 Å². The maximum Gasteiger partial charge on any atom is 0.274 e. The van der Waals surface area contributed by atoms with E-state index in [0.717, 1.165) is 16.7 Å². The quantitative estimate of drug-likeness (QED) is 0.271. The molecule has 0 aliphatic rings. The maximum atomic E-state index is 12.9. The van der Waals surface area contributed by atoms with Crippen molar-refractivity contribution >= 4 is 22.5 Å². The van der Waals surface area contributed by atoms with Crippen LogP contribution in [0.25, 0.3) is 22.0 Å². The second kappa shape index (κ2) is 8.18. The standard InChI is InChI=1S/C23H20N4O3/c24-19-6-2-5-17(12-19)16-4-1-3-15(11-16)9-10-27-14-25-21-8-7-18(22(28)26-30)13-20(21)23(27)29/h1-8,11-14,30H,9-10,24H2,(H,26,28). The van der Waals surface area contributed by atoms with Crippen LogP contribution in [-0.2, 0) is 13.0 Å². The molecule has 0 bridgehead atoms. The summed E-state index contributed by atoms with van der Waals surface area (Å²) in [7, 11) is 0. The summed E-state index contributed by atoms with van der Waals surface area (Å²) in [4.78, 5) is 28.8. The molecule has 30 heavy (non-hydrogen) atoms. The number of nitrogens with two attached hydrogens (primary N) is 1. The zero-order valence-electron chi connectivity index (χ0n) is 16.1. The van der Waals surface area contributed by atoms with Crippen LogP contribution in [0.5, 0.6) is 0 Å². The van der Waals surface area contributed by atoms with Crippen LogP contribution in [0, 0.1) is 0 Å². The van der Waals surface area contributed by atoms with E-state index in [9.17, 15) is 9.59 Å². The first-order valence-corrected chi connectivity index (χ1v) is 9.43. The van der Waals surface area contributed by atoms with Crippen LogP contribution in [0.3, 0.4) is 0 Å². The van der Waals surface area contributed by atoms with Gasteiger partial charge in [0.1, 0.15) is 0 Å². The van der Waals surface area contributed by atoms with Crippen molar-refractivity contribution in [2.24, 2.45) is 0 Å². The van der Waals surface area contributed by atoms with Gasteiger partial charge in [-0.15, -0.1) is 0 Å². The number of aromatic nitrogens is 2. The van der Waals surface area contributed by atoms with Gasteiger partial charge in [0.2, 0.25) is 0 Å². The number of anilines is 1. The van der Waals surface area contributed by atoms with Gasteiger partial charge >= 0.3 is 0 Å². The highest BCUT2D eigenvalue weighted by Crippen LogP contribution is 2.22. The van der Waals surface area contributed by atoms with Crippen molar-refractivity contribution in [3.8, 4) is 11.1 Å². The minimum absolute atomic E-state index is 0.191. The molecule has 7 heteroatoms. The third kappa shape index (κ3) is 3.92. The summed E-state index contributed by atoms with van der Waals surface area (Å²) in [6.45, 7) is 0.443. The van der Waals surface area contributed by atoms with Gasteiger partial charge in [-0.25, -0.2) is 10.5 Å². The maximum absolute atomic E-state index is 12.9. The average molecular weight is 400 g/mol. The lowest BCUT2D eigenvalue weighted by molar-refractivity contribution is 0.0706. The monoisotopic (exact) mass is 400 g/mol. The van der Waals surface area contributed by atoms with Gasteiger partial charge in [-0.05, 0) is 53.4 Å². The van der Waals surface area contributed by atoms with E-state index in [4.69, 9.17) is 10.9 Å². The molecule has 150 valence electrons. The van der Waals surface area contributed by atoms with Crippen molar-refractivity contribution in [1.29, 1.82) is 0 Å². The Morgan fingerprint density at radius 3 is 2.57 bits per heavy atom. The first-order chi connectivity index (χ1) is 14.5. The normalized spacial score (nSPS) is 10.8. The average Bonchev–Trinajstić information content (AvgIpc) is 2.78. The molecule has 4 rings (SSSR count). The zero-order valence-corrected chi connectivity index (χ0v) is 16.1. The Balaban J connectivity index is 1.59. The summed E-state index contributed by atoms with van der Waals surface area (Å²) in [6.07, 6.45) is 2.15. The number of hydroxylamine groups is 1. The fourth-order valence-corrected chi connectivity index (χ4v) is 3.40. The summed E-state index contributed by atoms with van der Waals surface area (Å²) in [5, 5.41) is 9.13. The van der Waals surface area contributed by atoms with Gasteiger partial charge in [0.25, 0.3) is 11.5 Å². The topological polar surface area (TPSA) is 110 Å². The molecule has 4 N–H and O–H groups in total. The van der Waals surface area contributed by atoms with Crippen molar-refractivity contribution in [3.05, 3.63) is 94.5 Å². The van der Waals surface area contributed by atoms with E-state index in [-0.39, 0.29) is 11.1 Å². The van der Waals surface area contributed by atoms with Crippen LogP contribution in [0.2, 0.25) is 0 Å². The third-order valence-corrected chi connectivity index (χ3v) is 4.98. The van der Waals surface area contributed by atoms with Gasteiger partial charge in [0.15, 0.2) is 0 Å². The Labute approximate surface area is 172 Å². The predicted octanol–water partition coefficient (Wildman–Crippen LogP) is 3.01. The van der Waals surface area contributed by atoms with E-state index in [0.29, 0.717) is 29.6 Å². The number of rotatable bonds is 5. The number of nitrogens with one attached hydrogen (secondary N) is 1. The van der Waals surface area contributed by atoms with Crippen LogP contribution < -0.4 is 16.8 Å². The molecule has 0 unspecified atom stereocenters. The van der Waals surface area contributed by atoms with E-state index in [1.807, 2.05) is 42.5 Å². The Morgan fingerprint density at radius 2 is 1.80 bits per heavy atom. The highest BCUT2D eigenvalue weighted by atomic mass is 16.5. The number of hydrogen-bond acceptors (Lipinski definition) is 5. The molecule has 0 atom stereocenters. The lowest BCUT2D eigenvalue weighted by atomic mass is 10.0. The van der Waals surface area contributed by atoms with Crippen LogP contribution >= 0.6 is 0 Å². The van der Waals surface area contributed by atoms with Gasteiger partial charge in [0.05, 0.1) is 17.2 Å². The fourth-order valence-electron chi connectivity index (χ4n) is 3.40. The van der Waals surface area contributed by atoms with E-state index >= 15 is 0 Å². The van der Waals surface area contributed by atoms with Crippen LogP contribution in [-0.4, -0.2) is 20.7 Å². The molecular formula is C23H20N4O3. The number of benzene rings is 3. The third-order valence-electron chi connectivity index (χ3n) is 4.98. The van der Waals surface area contributed by atoms with Gasteiger partial charge in [-0.2, -0.15) is 0 Å². The Hall–Kier alpha value is -3.97. The minimum atomic E-state index is -0.676. The van der Waals surface area contributed by atoms with Gasteiger partial charge in [0, 0.05) is 17.8 Å². The first-order valence-electron chi connectivity index (χ1n) is 9.43. The summed E-state index contributed by atoms with van der Waals surface area (Å²) >= 11 is 0. The first kappa shape index (κ1) is 19.4. The smallest absolute Gasteiger partial charge is 0.274 e. The molecule has 0 radical (unpaired) electrons. The van der Waals surface area contributed by atoms with Gasteiger partial charge < -0.3 is 5.73 Å². The molecule has 0 aliphatic carbocycles. The second-order valence-corrected chi connectivity index (χ2v) is 6.99. The number of nitrogens with zero attached hydrogens (tertiary/aromatic N) is 2. The fraction of sp³-hybridized carbons (Fsp3) is 0.0870. The number of nitrogen functional groups attached to an aromatic ring is 1. The highest BCUT2D eigenvalue weighted by molar-refractivity contribution is 5.97. The molecule has 1 heterocycles.